The van der Waals surface area contributed by atoms with E-state index < -0.39 is 5.82 Å². The Morgan fingerprint density at radius 3 is 2.55 bits per heavy atom. The van der Waals surface area contributed by atoms with E-state index in [1.807, 2.05) is 11.8 Å². The summed E-state index contributed by atoms with van der Waals surface area (Å²) in [5, 5.41) is 4.03. The molecule has 12 heteroatoms. The molecular weight excluding hydrogens is 567 g/mol. The van der Waals surface area contributed by atoms with Crippen LogP contribution in [0.15, 0.2) is 42.5 Å². The molecule has 0 bridgehead atoms. The number of rotatable bonds is 7. The van der Waals surface area contributed by atoms with E-state index in [9.17, 15) is 4.79 Å². The Bertz CT molecular complexity index is 1690. The quantitative estimate of drug-likeness (QED) is 0.298. The fraction of sp³-hybridized carbons (Fsp3) is 0.438. The van der Waals surface area contributed by atoms with Crippen LogP contribution in [0.25, 0.3) is 21.9 Å². The number of likely N-dealkylation sites (tertiary alicyclic amines) is 1. The number of hydrogen-bond acceptors (Lipinski definition) is 9. The molecule has 0 aliphatic carbocycles. The minimum absolute atomic E-state index is 0.0530. The number of piperidine rings is 1. The zero-order chi connectivity index (χ0) is 30.7. The van der Waals surface area contributed by atoms with Crippen molar-refractivity contribution in [3.05, 3.63) is 54.0 Å². The predicted molar refractivity (Wildman–Crippen MR) is 163 cm³/mol. The summed E-state index contributed by atoms with van der Waals surface area (Å²) in [6.07, 6.45) is 8.30. The molecule has 0 atom stereocenters. The zero-order valence-corrected chi connectivity index (χ0v) is 25.2. The number of carbonyl (C=O) groups excluding carboxylic acids is 1. The first kappa shape index (κ1) is 29.6. The third-order valence-electron chi connectivity index (χ3n) is 8.35. The van der Waals surface area contributed by atoms with Gasteiger partial charge in [-0.3, -0.25) is 4.79 Å². The molecular formula is C32H37FN6O5. The Labute approximate surface area is 254 Å². The summed E-state index contributed by atoms with van der Waals surface area (Å²) in [6, 6.07) is 5.05. The van der Waals surface area contributed by atoms with E-state index in [-0.39, 0.29) is 36.0 Å². The fourth-order valence-corrected chi connectivity index (χ4v) is 5.67. The number of H-pyrrole nitrogens is 1. The number of aromatic amines is 1. The maximum atomic E-state index is 15.1. The Kier molecular flexibility index (Phi) is 8.51. The van der Waals surface area contributed by atoms with E-state index in [1.165, 1.54) is 31.8 Å². The first-order valence-electron chi connectivity index (χ1n) is 14.9. The van der Waals surface area contributed by atoms with E-state index in [2.05, 4.69) is 38.3 Å². The lowest BCUT2D eigenvalue weighted by molar-refractivity contribution is -0.153. The third-order valence-corrected chi connectivity index (χ3v) is 8.35. The Hall–Kier alpha value is -4.45. The van der Waals surface area contributed by atoms with Crippen molar-refractivity contribution in [2.45, 2.75) is 39.5 Å². The highest BCUT2D eigenvalue weighted by atomic mass is 19.1. The van der Waals surface area contributed by atoms with E-state index in [0.717, 1.165) is 51.4 Å². The SMILES string of the molecule is CC1=CCCN1.COc1cc2c(Oc3cnc4[nH]c(C)cc4c3F)ncnc2cc1OCCC(=O)N1CCC2(CC1)COC2. The molecule has 2 saturated heterocycles. The molecule has 11 nitrogen and oxygen atoms in total. The van der Waals surface area contributed by atoms with Crippen molar-refractivity contribution in [2.75, 3.05) is 46.6 Å². The number of allylic oxidation sites excluding steroid dienone is 1. The van der Waals surface area contributed by atoms with Gasteiger partial charge in [0.25, 0.3) is 0 Å². The van der Waals surface area contributed by atoms with Crippen LogP contribution < -0.4 is 19.5 Å². The van der Waals surface area contributed by atoms with Crippen LogP contribution in [-0.2, 0) is 9.53 Å². The first-order chi connectivity index (χ1) is 21.3. The number of benzene rings is 1. The van der Waals surface area contributed by atoms with Crippen LogP contribution in [0.4, 0.5) is 4.39 Å². The molecule has 3 aromatic heterocycles. The van der Waals surface area contributed by atoms with Gasteiger partial charge in [-0.05, 0) is 45.2 Å². The highest BCUT2D eigenvalue weighted by Gasteiger charge is 2.41. The molecule has 3 aliphatic heterocycles. The van der Waals surface area contributed by atoms with Crippen molar-refractivity contribution in [3.8, 4) is 23.1 Å². The van der Waals surface area contributed by atoms with E-state index in [0.29, 0.717) is 33.4 Å². The Balaban J connectivity index is 0.000000513. The second-order valence-electron chi connectivity index (χ2n) is 11.5. The molecule has 4 aromatic rings. The number of aryl methyl sites for hydroxylation is 1. The number of halogens is 1. The van der Waals surface area contributed by atoms with Crippen LogP contribution in [0.1, 0.15) is 38.3 Å². The number of aromatic nitrogens is 4. The molecule has 0 saturated carbocycles. The topological polar surface area (TPSA) is 124 Å². The molecule has 0 unspecified atom stereocenters. The van der Waals surface area contributed by atoms with E-state index >= 15 is 4.39 Å². The van der Waals surface area contributed by atoms with Gasteiger partial charge in [-0.25, -0.2) is 19.3 Å². The van der Waals surface area contributed by atoms with Gasteiger partial charge in [0.1, 0.15) is 12.0 Å². The number of hydrogen-bond donors (Lipinski definition) is 2. The molecule has 232 valence electrons. The second-order valence-corrected chi connectivity index (χ2v) is 11.5. The molecule has 44 heavy (non-hydrogen) atoms. The molecule has 2 fully saturated rings. The van der Waals surface area contributed by atoms with Gasteiger partial charge in [0.2, 0.25) is 11.8 Å². The number of methoxy groups -OCH3 is 1. The number of amides is 1. The summed E-state index contributed by atoms with van der Waals surface area (Å²) in [4.78, 5) is 30.4. The summed E-state index contributed by atoms with van der Waals surface area (Å²) in [5.74, 6) is 0.504. The maximum absolute atomic E-state index is 15.1. The van der Waals surface area contributed by atoms with Gasteiger partial charge in [-0.15, -0.1) is 0 Å². The van der Waals surface area contributed by atoms with E-state index in [4.69, 9.17) is 18.9 Å². The molecule has 3 aliphatic rings. The number of carbonyl (C=O) groups is 1. The van der Waals surface area contributed by atoms with Crippen molar-refractivity contribution in [3.63, 3.8) is 0 Å². The molecule has 7 rings (SSSR count). The molecule has 1 aromatic carbocycles. The van der Waals surface area contributed by atoms with Crippen molar-refractivity contribution in [1.29, 1.82) is 0 Å². The lowest BCUT2D eigenvalue weighted by atomic mass is 9.77. The summed E-state index contributed by atoms with van der Waals surface area (Å²) in [7, 11) is 1.52. The van der Waals surface area contributed by atoms with Crippen LogP contribution >= 0.6 is 0 Å². The van der Waals surface area contributed by atoms with Gasteiger partial charge in [0.05, 0.1) is 55.8 Å². The van der Waals surface area contributed by atoms with Gasteiger partial charge in [-0.2, -0.15) is 0 Å². The number of nitrogens with one attached hydrogen (secondary N) is 2. The van der Waals surface area contributed by atoms with Crippen LogP contribution in [0.2, 0.25) is 0 Å². The lowest BCUT2D eigenvalue weighted by Gasteiger charge is -2.47. The average molecular weight is 605 g/mol. The molecule has 2 N–H and O–H groups in total. The van der Waals surface area contributed by atoms with Crippen LogP contribution in [-0.4, -0.2) is 77.3 Å². The van der Waals surface area contributed by atoms with Gasteiger partial charge >= 0.3 is 0 Å². The summed E-state index contributed by atoms with van der Waals surface area (Å²) < 4.78 is 37.7. The van der Waals surface area contributed by atoms with Gasteiger partial charge in [-0.1, -0.05) is 6.08 Å². The average Bonchev–Trinajstić information content (AvgIpc) is 3.66. The summed E-state index contributed by atoms with van der Waals surface area (Å²) in [5.41, 5.74) is 3.37. The fourth-order valence-electron chi connectivity index (χ4n) is 5.67. The van der Waals surface area contributed by atoms with E-state index in [1.54, 1.807) is 18.2 Å². The normalized spacial score (nSPS) is 17.0. The van der Waals surface area contributed by atoms with Crippen molar-refractivity contribution in [2.24, 2.45) is 5.41 Å². The molecule has 6 heterocycles. The van der Waals surface area contributed by atoms with Crippen molar-refractivity contribution in [1.82, 2.24) is 30.2 Å². The van der Waals surface area contributed by atoms with Crippen LogP contribution in [0, 0.1) is 18.2 Å². The number of nitrogens with zero attached hydrogens (tertiary/aromatic N) is 4. The van der Waals surface area contributed by atoms with Crippen LogP contribution in [0.5, 0.6) is 23.1 Å². The van der Waals surface area contributed by atoms with Gasteiger partial charge < -0.3 is 34.1 Å². The zero-order valence-electron chi connectivity index (χ0n) is 25.2. The van der Waals surface area contributed by atoms with Gasteiger partial charge in [0, 0.05) is 42.5 Å². The molecule has 1 amide bonds. The number of fused-ring (bicyclic) bond motifs is 2. The van der Waals surface area contributed by atoms with Crippen molar-refractivity contribution >= 4 is 27.8 Å². The minimum Gasteiger partial charge on any atom is -0.493 e. The molecule has 0 radical (unpaired) electrons. The van der Waals surface area contributed by atoms with Crippen molar-refractivity contribution < 1.29 is 28.1 Å². The predicted octanol–water partition coefficient (Wildman–Crippen LogP) is 5.05. The lowest BCUT2D eigenvalue weighted by Crippen LogP contribution is -2.52. The van der Waals surface area contributed by atoms with Crippen LogP contribution in [0.3, 0.4) is 0 Å². The third kappa shape index (κ3) is 6.26. The molecule has 1 spiro atoms. The smallest absolute Gasteiger partial charge is 0.230 e. The summed E-state index contributed by atoms with van der Waals surface area (Å²) >= 11 is 0. The highest BCUT2D eigenvalue weighted by Crippen LogP contribution is 2.39. The number of ether oxygens (including phenoxy) is 4. The first-order valence-corrected chi connectivity index (χ1v) is 14.9. The highest BCUT2D eigenvalue weighted by molar-refractivity contribution is 5.87. The Morgan fingerprint density at radius 1 is 1.07 bits per heavy atom. The second kappa shape index (κ2) is 12.7. The largest absolute Gasteiger partial charge is 0.493 e. The minimum atomic E-state index is -0.535. The standard InChI is InChI=1S/C27H28FN5O5.C5H9N/c1-16-9-18-24(28)22(12-29-25(18)32-16)38-26-17-10-20(35-2)21(11-19(17)30-15-31-26)37-8-3-23(34)33-6-4-27(5-7-33)13-36-14-27;1-5-3-2-4-6-5/h9-12,15H,3-8,13-14H2,1-2H3,(H,29,32);3,6H,2,4H2,1H3. The number of pyridine rings is 1. The Morgan fingerprint density at radius 2 is 1.89 bits per heavy atom. The summed E-state index contributed by atoms with van der Waals surface area (Å²) in [6.45, 7) is 8.40. The monoisotopic (exact) mass is 604 g/mol. The maximum Gasteiger partial charge on any atom is 0.230 e. The van der Waals surface area contributed by atoms with Gasteiger partial charge in [0.15, 0.2) is 23.1 Å².